The van der Waals surface area contributed by atoms with Gasteiger partial charge in [-0.25, -0.2) is 9.97 Å². The minimum atomic E-state index is -0.388. The van der Waals surface area contributed by atoms with Gasteiger partial charge in [-0.3, -0.25) is 0 Å². The van der Waals surface area contributed by atoms with Gasteiger partial charge in [-0.15, -0.1) is 0 Å². The average molecular weight is 437 g/mol. The Bertz CT molecular complexity index is 1050. The highest BCUT2D eigenvalue weighted by Gasteiger charge is 2.51. The van der Waals surface area contributed by atoms with Crippen molar-refractivity contribution in [1.82, 2.24) is 9.97 Å². The molecule has 7 nitrogen and oxygen atoms in total. The third kappa shape index (κ3) is 4.52. The SMILES string of the molecule is CC.COc1cc2ncnc(Nc3ccc(B4OC(C)(C)C(C)(C)O4)cc3)c2cc1OC. The summed E-state index contributed by atoms with van der Waals surface area (Å²) in [4.78, 5) is 8.74. The fourth-order valence-electron chi connectivity index (χ4n) is 3.32. The Labute approximate surface area is 190 Å². The summed E-state index contributed by atoms with van der Waals surface area (Å²) < 4.78 is 23.0. The molecule has 0 unspecified atom stereocenters. The molecule has 0 amide bonds. The molecule has 32 heavy (non-hydrogen) atoms. The summed E-state index contributed by atoms with van der Waals surface area (Å²) in [5.74, 6) is 1.93. The highest BCUT2D eigenvalue weighted by atomic mass is 16.7. The van der Waals surface area contributed by atoms with Crippen LogP contribution >= 0.6 is 0 Å². The van der Waals surface area contributed by atoms with E-state index in [1.54, 1.807) is 14.2 Å². The molecule has 0 saturated carbocycles. The largest absolute Gasteiger partial charge is 0.494 e. The summed E-state index contributed by atoms with van der Waals surface area (Å²) >= 11 is 0. The third-order valence-electron chi connectivity index (χ3n) is 5.84. The molecule has 0 radical (unpaired) electrons. The zero-order valence-corrected chi connectivity index (χ0v) is 20.1. The Morgan fingerprint density at radius 3 is 1.97 bits per heavy atom. The van der Waals surface area contributed by atoms with Gasteiger partial charge in [0.25, 0.3) is 0 Å². The van der Waals surface area contributed by atoms with E-state index in [1.807, 2.05) is 77.9 Å². The molecule has 4 rings (SSSR count). The summed E-state index contributed by atoms with van der Waals surface area (Å²) in [6.07, 6.45) is 1.52. The molecule has 1 aliphatic heterocycles. The standard InChI is InChI=1S/C22H26BN3O4.C2H6/c1-21(2)22(3,4)30-23(29-21)14-7-9-15(10-8-14)26-20-16-11-18(27-5)19(28-6)12-17(16)24-13-25-20;1-2/h7-13H,1-6H3,(H,24,25,26);1-2H3. The number of rotatable bonds is 5. The van der Waals surface area contributed by atoms with E-state index >= 15 is 0 Å². The van der Waals surface area contributed by atoms with E-state index in [0.29, 0.717) is 17.3 Å². The predicted molar refractivity (Wildman–Crippen MR) is 129 cm³/mol. The van der Waals surface area contributed by atoms with Crippen LogP contribution in [0.5, 0.6) is 11.5 Å². The van der Waals surface area contributed by atoms with Gasteiger partial charge in [0, 0.05) is 17.1 Å². The minimum Gasteiger partial charge on any atom is -0.493 e. The fraction of sp³-hybridized carbons (Fsp3) is 0.417. The Hall–Kier alpha value is -2.84. The van der Waals surface area contributed by atoms with Crippen molar-refractivity contribution in [2.45, 2.75) is 52.7 Å². The number of hydrogen-bond acceptors (Lipinski definition) is 7. The van der Waals surface area contributed by atoms with Crippen LogP contribution in [-0.4, -0.2) is 42.5 Å². The van der Waals surface area contributed by atoms with Gasteiger partial charge in [0.1, 0.15) is 12.1 Å². The van der Waals surface area contributed by atoms with Crippen molar-refractivity contribution in [3.8, 4) is 11.5 Å². The lowest BCUT2D eigenvalue weighted by molar-refractivity contribution is 0.00578. The number of benzene rings is 2. The number of hydrogen-bond donors (Lipinski definition) is 1. The lowest BCUT2D eigenvalue weighted by atomic mass is 9.79. The van der Waals surface area contributed by atoms with Crippen LogP contribution in [0.4, 0.5) is 11.5 Å². The first-order valence-corrected chi connectivity index (χ1v) is 10.8. The van der Waals surface area contributed by atoms with Crippen molar-refractivity contribution in [1.29, 1.82) is 0 Å². The molecular weight excluding hydrogens is 405 g/mol. The monoisotopic (exact) mass is 437 g/mol. The fourth-order valence-corrected chi connectivity index (χ4v) is 3.32. The van der Waals surface area contributed by atoms with Crippen LogP contribution < -0.4 is 20.3 Å². The van der Waals surface area contributed by atoms with Gasteiger partial charge >= 0.3 is 7.12 Å². The molecule has 0 bridgehead atoms. The lowest BCUT2D eigenvalue weighted by Gasteiger charge is -2.32. The van der Waals surface area contributed by atoms with Crippen molar-refractivity contribution < 1.29 is 18.8 Å². The Morgan fingerprint density at radius 1 is 0.844 bits per heavy atom. The molecular formula is C24H32BN3O4. The van der Waals surface area contributed by atoms with Crippen LogP contribution in [0.2, 0.25) is 0 Å². The molecule has 3 aromatic rings. The second-order valence-corrected chi connectivity index (χ2v) is 8.28. The lowest BCUT2D eigenvalue weighted by Crippen LogP contribution is -2.41. The molecule has 170 valence electrons. The third-order valence-corrected chi connectivity index (χ3v) is 5.84. The number of ether oxygens (including phenoxy) is 2. The van der Waals surface area contributed by atoms with E-state index < -0.39 is 0 Å². The summed E-state index contributed by atoms with van der Waals surface area (Å²) in [7, 11) is 2.82. The molecule has 1 aliphatic rings. The smallest absolute Gasteiger partial charge is 0.493 e. The van der Waals surface area contributed by atoms with Gasteiger partial charge in [-0.2, -0.15) is 0 Å². The maximum absolute atomic E-state index is 6.12. The number of methoxy groups -OCH3 is 2. The molecule has 1 saturated heterocycles. The maximum atomic E-state index is 6.12. The molecule has 1 N–H and O–H groups in total. The van der Waals surface area contributed by atoms with Gasteiger partial charge in [0.05, 0.1) is 30.9 Å². The number of aromatic nitrogens is 2. The molecule has 8 heteroatoms. The van der Waals surface area contributed by atoms with Crippen LogP contribution in [0.25, 0.3) is 10.9 Å². The van der Waals surface area contributed by atoms with Crippen molar-refractivity contribution >= 4 is 35.0 Å². The van der Waals surface area contributed by atoms with Gasteiger partial charge in [0.15, 0.2) is 11.5 Å². The first-order chi connectivity index (χ1) is 15.2. The number of nitrogens with zero attached hydrogens (tertiary/aromatic N) is 2. The van der Waals surface area contributed by atoms with Gasteiger partial charge in [-0.05, 0) is 51.4 Å². The van der Waals surface area contributed by atoms with Crippen LogP contribution in [0.15, 0.2) is 42.7 Å². The molecule has 0 aliphatic carbocycles. The highest BCUT2D eigenvalue weighted by molar-refractivity contribution is 6.62. The van der Waals surface area contributed by atoms with Crippen molar-refractivity contribution in [2.75, 3.05) is 19.5 Å². The second kappa shape index (κ2) is 9.34. The summed E-state index contributed by atoms with van der Waals surface area (Å²) in [6, 6.07) is 11.7. The zero-order valence-electron chi connectivity index (χ0n) is 20.1. The van der Waals surface area contributed by atoms with E-state index in [0.717, 1.165) is 22.1 Å². The normalized spacial score (nSPS) is 16.3. The van der Waals surface area contributed by atoms with E-state index in [1.165, 1.54) is 6.33 Å². The van der Waals surface area contributed by atoms with Gasteiger partial charge in [-0.1, -0.05) is 26.0 Å². The summed E-state index contributed by atoms with van der Waals surface area (Å²) in [5, 5.41) is 4.20. The van der Waals surface area contributed by atoms with E-state index in [4.69, 9.17) is 18.8 Å². The van der Waals surface area contributed by atoms with Crippen molar-refractivity contribution in [3.63, 3.8) is 0 Å². The number of anilines is 2. The number of nitrogens with one attached hydrogen (secondary N) is 1. The minimum absolute atomic E-state index is 0.366. The summed E-state index contributed by atoms with van der Waals surface area (Å²) in [5.41, 5.74) is 1.89. The topological polar surface area (TPSA) is 74.7 Å². The van der Waals surface area contributed by atoms with Crippen LogP contribution in [-0.2, 0) is 9.31 Å². The highest BCUT2D eigenvalue weighted by Crippen LogP contribution is 2.37. The van der Waals surface area contributed by atoms with Crippen molar-refractivity contribution in [2.24, 2.45) is 0 Å². The molecule has 0 atom stereocenters. The quantitative estimate of drug-likeness (QED) is 0.579. The van der Waals surface area contributed by atoms with Crippen LogP contribution in [0.3, 0.4) is 0 Å². The predicted octanol–water partition coefficient (Wildman–Crippen LogP) is 4.72. The first kappa shape index (κ1) is 23.8. The Morgan fingerprint density at radius 2 is 1.41 bits per heavy atom. The second-order valence-electron chi connectivity index (χ2n) is 8.28. The first-order valence-electron chi connectivity index (χ1n) is 10.8. The van der Waals surface area contributed by atoms with E-state index in [2.05, 4.69) is 15.3 Å². The van der Waals surface area contributed by atoms with Crippen molar-refractivity contribution in [3.05, 3.63) is 42.7 Å². The van der Waals surface area contributed by atoms with Crippen LogP contribution in [0, 0.1) is 0 Å². The Balaban J connectivity index is 0.00000141. The van der Waals surface area contributed by atoms with Gasteiger partial charge < -0.3 is 24.1 Å². The maximum Gasteiger partial charge on any atom is 0.494 e. The number of fused-ring (bicyclic) bond motifs is 1. The molecule has 2 heterocycles. The van der Waals surface area contributed by atoms with Crippen LogP contribution in [0.1, 0.15) is 41.5 Å². The molecule has 1 aromatic heterocycles. The zero-order chi connectivity index (χ0) is 23.5. The summed E-state index contributed by atoms with van der Waals surface area (Å²) in [6.45, 7) is 12.2. The Kier molecular flexibility index (Phi) is 6.95. The molecule has 2 aromatic carbocycles. The molecule has 1 fully saturated rings. The van der Waals surface area contributed by atoms with E-state index in [9.17, 15) is 0 Å². The molecule has 0 spiro atoms. The average Bonchev–Trinajstić information content (AvgIpc) is 3.01. The van der Waals surface area contributed by atoms with E-state index in [-0.39, 0.29) is 18.3 Å². The van der Waals surface area contributed by atoms with Gasteiger partial charge in [0.2, 0.25) is 0 Å².